The maximum atomic E-state index is 11.1. The van der Waals surface area contributed by atoms with Crippen LogP contribution in [-0.2, 0) is 16.0 Å². The van der Waals surface area contributed by atoms with Gasteiger partial charge in [-0.1, -0.05) is 35.9 Å². The molecule has 0 N–H and O–H groups in total. The molecule has 0 saturated carbocycles. The van der Waals surface area contributed by atoms with E-state index in [0.29, 0.717) is 6.42 Å². The molecular formula is C12H13ClO2. The summed E-state index contributed by atoms with van der Waals surface area (Å²) in [7, 11) is 1.50. The molecule has 0 bridgehead atoms. The zero-order chi connectivity index (χ0) is 11.1. The second-order valence-corrected chi connectivity index (χ2v) is 3.50. The smallest absolute Gasteiger partial charge is 0.180 e. The van der Waals surface area contributed by atoms with Crippen LogP contribution in [0.25, 0.3) is 0 Å². The molecule has 0 aliphatic heterocycles. The Hall–Kier alpha value is -1.12. The van der Waals surface area contributed by atoms with Crippen molar-refractivity contribution >= 4 is 17.4 Å². The maximum absolute atomic E-state index is 11.1. The number of hydrogen-bond donors (Lipinski definition) is 0. The third-order valence-corrected chi connectivity index (χ3v) is 2.25. The van der Waals surface area contributed by atoms with Crippen molar-refractivity contribution in [2.45, 2.75) is 6.42 Å². The van der Waals surface area contributed by atoms with E-state index in [0.717, 1.165) is 10.6 Å². The van der Waals surface area contributed by atoms with Gasteiger partial charge in [-0.15, -0.1) is 0 Å². The van der Waals surface area contributed by atoms with Crippen LogP contribution in [0.2, 0.25) is 5.02 Å². The fourth-order valence-corrected chi connectivity index (χ4v) is 1.38. The van der Waals surface area contributed by atoms with E-state index in [9.17, 15) is 4.79 Å². The van der Waals surface area contributed by atoms with Gasteiger partial charge in [0.05, 0.1) is 0 Å². The minimum atomic E-state index is -0.0375. The molecule has 0 fully saturated rings. The number of rotatable bonds is 5. The van der Waals surface area contributed by atoms with Crippen molar-refractivity contribution in [1.29, 1.82) is 0 Å². The van der Waals surface area contributed by atoms with Gasteiger partial charge in [0.25, 0.3) is 0 Å². The summed E-state index contributed by atoms with van der Waals surface area (Å²) >= 11 is 5.96. The van der Waals surface area contributed by atoms with Crippen LogP contribution in [0.4, 0.5) is 0 Å². The van der Waals surface area contributed by atoms with Crippen LogP contribution >= 0.6 is 11.6 Å². The third-order valence-electron chi connectivity index (χ3n) is 1.89. The van der Waals surface area contributed by atoms with E-state index in [4.69, 9.17) is 16.3 Å². The Kier molecular flexibility index (Phi) is 5.08. The number of ketones is 1. The van der Waals surface area contributed by atoms with Gasteiger partial charge >= 0.3 is 0 Å². The summed E-state index contributed by atoms with van der Waals surface area (Å²) in [5.74, 6) is -0.0375. The Balaban J connectivity index is 2.50. The summed E-state index contributed by atoms with van der Waals surface area (Å²) < 4.78 is 4.70. The second kappa shape index (κ2) is 6.38. The van der Waals surface area contributed by atoms with Gasteiger partial charge in [-0.3, -0.25) is 4.79 Å². The lowest BCUT2D eigenvalue weighted by Gasteiger charge is -1.98. The van der Waals surface area contributed by atoms with Gasteiger partial charge in [-0.05, 0) is 24.1 Å². The minimum Gasteiger partial charge on any atom is -0.377 e. The van der Waals surface area contributed by atoms with Crippen LogP contribution in [0.3, 0.4) is 0 Å². The first-order valence-corrected chi connectivity index (χ1v) is 5.03. The van der Waals surface area contributed by atoms with E-state index in [1.54, 1.807) is 6.08 Å². The standard InChI is InChI=1S/C12H13ClO2/c1-15-9-11(14)7-4-6-10-5-2-3-8-12(10)13/h2-5,7-8H,6,9H2,1H3/b7-4+. The highest BCUT2D eigenvalue weighted by atomic mass is 35.5. The van der Waals surface area contributed by atoms with Crippen molar-refractivity contribution < 1.29 is 9.53 Å². The van der Waals surface area contributed by atoms with Crippen LogP contribution in [-0.4, -0.2) is 19.5 Å². The molecule has 80 valence electrons. The average molecular weight is 225 g/mol. The Morgan fingerprint density at radius 1 is 1.47 bits per heavy atom. The molecule has 0 saturated heterocycles. The maximum Gasteiger partial charge on any atom is 0.180 e. The van der Waals surface area contributed by atoms with Crippen molar-refractivity contribution in [3.8, 4) is 0 Å². The van der Waals surface area contributed by atoms with Crippen LogP contribution in [0, 0.1) is 0 Å². The average Bonchev–Trinajstić information content (AvgIpc) is 2.21. The van der Waals surface area contributed by atoms with Crippen LogP contribution in [0.15, 0.2) is 36.4 Å². The highest BCUT2D eigenvalue weighted by Crippen LogP contribution is 2.15. The second-order valence-electron chi connectivity index (χ2n) is 3.10. The van der Waals surface area contributed by atoms with Crippen LogP contribution in [0.1, 0.15) is 5.56 Å². The molecule has 0 radical (unpaired) electrons. The number of methoxy groups -OCH3 is 1. The Morgan fingerprint density at radius 2 is 2.20 bits per heavy atom. The van der Waals surface area contributed by atoms with Crippen molar-refractivity contribution in [3.05, 3.63) is 47.0 Å². The first-order chi connectivity index (χ1) is 7.24. The quantitative estimate of drug-likeness (QED) is 0.719. The summed E-state index contributed by atoms with van der Waals surface area (Å²) in [5.41, 5.74) is 1.01. The number of carbonyl (C=O) groups is 1. The van der Waals surface area contributed by atoms with Gasteiger partial charge < -0.3 is 4.74 Å². The highest BCUT2D eigenvalue weighted by Gasteiger charge is 1.97. The fourth-order valence-electron chi connectivity index (χ4n) is 1.17. The summed E-state index contributed by atoms with van der Waals surface area (Å²) in [6, 6.07) is 7.58. The predicted molar refractivity (Wildman–Crippen MR) is 61.2 cm³/mol. The SMILES string of the molecule is COCC(=O)/C=C/Cc1ccccc1Cl. The van der Waals surface area contributed by atoms with Crippen molar-refractivity contribution in [3.63, 3.8) is 0 Å². The van der Waals surface area contributed by atoms with Crippen molar-refractivity contribution in [2.24, 2.45) is 0 Å². The molecule has 0 heterocycles. The van der Waals surface area contributed by atoms with Gasteiger partial charge in [0.1, 0.15) is 6.61 Å². The Morgan fingerprint density at radius 3 is 2.87 bits per heavy atom. The zero-order valence-electron chi connectivity index (χ0n) is 8.57. The zero-order valence-corrected chi connectivity index (χ0v) is 9.33. The largest absolute Gasteiger partial charge is 0.377 e. The third kappa shape index (κ3) is 4.28. The summed E-state index contributed by atoms with van der Waals surface area (Å²) in [4.78, 5) is 11.1. The lowest BCUT2D eigenvalue weighted by atomic mass is 10.1. The molecule has 1 aromatic carbocycles. The lowest BCUT2D eigenvalue weighted by molar-refractivity contribution is -0.118. The van der Waals surface area contributed by atoms with E-state index in [2.05, 4.69) is 0 Å². The Labute approximate surface area is 94.5 Å². The van der Waals surface area contributed by atoms with E-state index >= 15 is 0 Å². The van der Waals surface area contributed by atoms with Crippen molar-refractivity contribution in [2.75, 3.05) is 13.7 Å². The summed E-state index contributed by atoms with van der Waals surface area (Å²) in [5, 5.41) is 0.723. The number of halogens is 1. The van der Waals surface area contributed by atoms with Crippen molar-refractivity contribution in [1.82, 2.24) is 0 Å². The van der Waals surface area contributed by atoms with E-state index < -0.39 is 0 Å². The molecule has 0 aromatic heterocycles. The van der Waals surface area contributed by atoms with E-state index in [-0.39, 0.29) is 12.4 Å². The molecule has 2 nitrogen and oxygen atoms in total. The topological polar surface area (TPSA) is 26.3 Å². The van der Waals surface area contributed by atoms with Gasteiger partial charge in [-0.2, -0.15) is 0 Å². The molecule has 3 heteroatoms. The molecule has 1 rings (SSSR count). The molecular weight excluding hydrogens is 212 g/mol. The normalized spacial score (nSPS) is 10.8. The molecule has 0 unspecified atom stereocenters. The molecule has 0 aliphatic carbocycles. The number of benzene rings is 1. The fraction of sp³-hybridized carbons (Fsp3) is 0.250. The number of hydrogen-bond acceptors (Lipinski definition) is 2. The minimum absolute atomic E-state index is 0.0375. The lowest BCUT2D eigenvalue weighted by Crippen LogP contribution is -2.01. The van der Waals surface area contributed by atoms with Gasteiger partial charge in [0, 0.05) is 12.1 Å². The van der Waals surface area contributed by atoms with Crippen LogP contribution < -0.4 is 0 Å². The van der Waals surface area contributed by atoms with Gasteiger partial charge in [0.2, 0.25) is 0 Å². The predicted octanol–water partition coefficient (Wildman–Crippen LogP) is 2.65. The molecule has 0 spiro atoms. The van der Waals surface area contributed by atoms with Gasteiger partial charge in [0.15, 0.2) is 5.78 Å². The summed E-state index contributed by atoms with van der Waals surface area (Å²) in [6.45, 7) is 0.124. The first kappa shape index (κ1) is 12.0. The van der Waals surface area contributed by atoms with E-state index in [1.165, 1.54) is 13.2 Å². The van der Waals surface area contributed by atoms with Crippen LogP contribution in [0.5, 0.6) is 0 Å². The molecule has 0 amide bonds. The van der Waals surface area contributed by atoms with Gasteiger partial charge in [-0.25, -0.2) is 0 Å². The molecule has 1 aromatic rings. The summed E-state index contributed by atoms with van der Waals surface area (Å²) in [6.07, 6.45) is 3.98. The number of ether oxygens (including phenoxy) is 1. The Bertz CT molecular complexity index is 358. The molecule has 0 aliphatic rings. The molecule has 15 heavy (non-hydrogen) atoms. The highest BCUT2D eigenvalue weighted by molar-refractivity contribution is 6.31. The monoisotopic (exact) mass is 224 g/mol. The first-order valence-electron chi connectivity index (χ1n) is 4.65. The number of allylic oxidation sites excluding steroid dienone is 1. The number of carbonyl (C=O) groups excluding carboxylic acids is 1. The van der Waals surface area contributed by atoms with E-state index in [1.807, 2.05) is 24.3 Å². The molecule has 0 atom stereocenters.